The molecule has 4 rings (SSSR count). The largest absolute Gasteiger partial charge is 0.354 e. The molecule has 3 N–H and O–H groups in total. The molecular formula is C27H25ClN4O3. The van der Waals surface area contributed by atoms with Gasteiger partial charge in [-0.25, -0.2) is 0 Å². The Morgan fingerprint density at radius 3 is 2.43 bits per heavy atom. The third kappa shape index (κ3) is 5.36. The van der Waals surface area contributed by atoms with Gasteiger partial charge in [-0.1, -0.05) is 35.9 Å². The third-order valence-corrected chi connectivity index (χ3v) is 5.96. The molecule has 178 valence electrons. The van der Waals surface area contributed by atoms with E-state index in [4.69, 9.17) is 11.6 Å². The van der Waals surface area contributed by atoms with E-state index in [1.54, 1.807) is 24.1 Å². The summed E-state index contributed by atoms with van der Waals surface area (Å²) in [4.78, 5) is 37.8. The monoisotopic (exact) mass is 488 g/mol. The molecule has 0 unspecified atom stereocenters. The molecular weight excluding hydrogens is 464 g/mol. The van der Waals surface area contributed by atoms with Crippen LogP contribution in [0.1, 0.15) is 30.5 Å². The molecule has 0 atom stereocenters. The van der Waals surface area contributed by atoms with Gasteiger partial charge in [0.05, 0.1) is 17.0 Å². The van der Waals surface area contributed by atoms with Crippen molar-refractivity contribution in [3.8, 4) is 0 Å². The lowest BCUT2D eigenvalue weighted by Gasteiger charge is -2.18. The first kappa shape index (κ1) is 24.0. The first-order valence-corrected chi connectivity index (χ1v) is 11.4. The van der Waals surface area contributed by atoms with Crippen molar-refractivity contribution in [1.29, 1.82) is 0 Å². The highest BCUT2D eigenvalue weighted by molar-refractivity contribution is 6.38. The fraction of sp³-hybridized carbons (Fsp3) is 0.148. The molecule has 3 amide bonds. The second-order valence-corrected chi connectivity index (χ2v) is 8.69. The number of nitrogens with zero attached hydrogens (tertiary/aromatic N) is 1. The molecule has 7 nitrogen and oxygen atoms in total. The van der Waals surface area contributed by atoms with Gasteiger partial charge in [0.2, 0.25) is 11.8 Å². The van der Waals surface area contributed by atoms with E-state index < -0.39 is 0 Å². The zero-order valence-corrected chi connectivity index (χ0v) is 20.4. The van der Waals surface area contributed by atoms with Crippen LogP contribution in [0.4, 0.5) is 17.1 Å². The number of halogens is 1. The van der Waals surface area contributed by atoms with Crippen LogP contribution in [-0.2, 0) is 20.9 Å². The number of benzene rings is 3. The zero-order valence-electron chi connectivity index (χ0n) is 19.6. The minimum absolute atomic E-state index is 0.0672. The molecule has 0 fully saturated rings. The van der Waals surface area contributed by atoms with Crippen LogP contribution in [-0.4, -0.2) is 24.8 Å². The van der Waals surface area contributed by atoms with Crippen LogP contribution >= 0.6 is 11.6 Å². The van der Waals surface area contributed by atoms with E-state index in [2.05, 4.69) is 16.0 Å². The van der Waals surface area contributed by atoms with Gasteiger partial charge < -0.3 is 20.9 Å². The zero-order chi connectivity index (χ0) is 25.1. The molecule has 8 heteroatoms. The van der Waals surface area contributed by atoms with Crippen molar-refractivity contribution in [3.63, 3.8) is 0 Å². The van der Waals surface area contributed by atoms with Crippen molar-refractivity contribution in [2.75, 3.05) is 22.6 Å². The molecule has 3 aromatic rings. The van der Waals surface area contributed by atoms with Gasteiger partial charge in [-0.05, 0) is 53.6 Å². The number of fused-ring (bicyclic) bond motifs is 1. The highest BCUT2D eigenvalue weighted by atomic mass is 35.5. The average Bonchev–Trinajstić information content (AvgIpc) is 3.15. The Labute approximate surface area is 208 Å². The van der Waals surface area contributed by atoms with E-state index >= 15 is 0 Å². The molecule has 1 aliphatic heterocycles. The maximum Gasteiger partial charge on any atom is 0.258 e. The Kier molecular flexibility index (Phi) is 6.89. The second kappa shape index (κ2) is 10.0. The van der Waals surface area contributed by atoms with E-state index in [1.807, 2.05) is 54.6 Å². The van der Waals surface area contributed by atoms with E-state index in [0.29, 0.717) is 28.5 Å². The smallest absolute Gasteiger partial charge is 0.258 e. The van der Waals surface area contributed by atoms with Gasteiger partial charge in [0.15, 0.2) is 0 Å². The predicted octanol–water partition coefficient (Wildman–Crippen LogP) is 4.89. The van der Waals surface area contributed by atoms with Gasteiger partial charge in [0.1, 0.15) is 0 Å². The first-order chi connectivity index (χ1) is 16.7. The van der Waals surface area contributed by atoms with Crippen LogP contribution in [0.5, 0.6) is 0 Å². The maximum atomic E-state index is 13.1. The molecule has 0 aromatic heterocycles. The Hall–Kier alpha value is -4.10. The molecule has 0 aliphatic carbocycles. The summed E-state index contributed by atoms with van der Waals surface area (Å²) in [5.41, 5.74) is 5.66. The summed E-state index contributed by atoms with van der Waals surface area (Å²) in [7, 11) is 1.71. The summed E-state index contributed by atoms with van der Waals surface area (Å²) < 4.78 is 0. The summed E-state index contributed by atoms with van der Waals surface area (Å²) in [6, 6.07) is 20.3. The quantitative estimate of drug-likeness (QED) is 0.431. The second-order valence-electron chi connectivity index (χ2n) is 8.25. The maximum absolute atomic E-state index is 13.1. The summed E-state index contributed by atoms with van der Waals surface area (Å²) in [5.74, 6) is -0.434. The van der Waals surface area contributed by atoms with Crippen LogP contribution in [0.3, 0.4) is 0 Å². The van der Waals surface area contributed by atoms with Crippen LogP contribution in [0.25, 0.3) is 11.3 Å². The van der Waals surface area contributed by atoms with Gasteiger partial charge >= 0.3 is 0 Å². The van der Waals surface area contributed by atoms with E-state index in [9.17, 15) is 14.4 Å². The van der Waals surface area contributed by atoms with Crippen molar-refractivity contribution >= 4 is 57.7 Å². The first-order valence-electron chi connectivity index (χ1n) is 11.0. The lowest BCUT2D eigenvalue weighted by Crippen LogP contribution is -2.22. The molecule has 1 aliphatic rings. The topological polar surface area (TPSA) is 90.5 Å². The van der Waals surface area contributed by atoms with Crippen LogP contribution in [0, 0.1) is 0 Å². The van der Waals surface area contributed by atoms with Crippen molar-refractivity contribution in [1.82, 2.24) is 5.32 Å². The van der Waals surface area contributed by atoms with Crippen molar-refractivity contribution in [3.05, 3.63) is 88.4 Å². The highest BCUT2D eigenvalue weighted by Gasteiger charge is 2.28. The Morgan fingerprint density at radius 1 is 1.00 bits per heavy atom. The third-order valence-electron chi connectivity index (χ3n) is 5.73. The average molecular weight is 489 g/mol. The van der Waals surface area contributed by atoms with Crippen LogP contribution in [0.2, 0.25) is 5.02 Å². The van der Waals surface area contributed by atoms with E-state index in [0.717, 1.165) is 28.1 Å². The van der Waals surface area contributed by atoms with Gasteiger partial charge in [0.25, 0.3) is 5.91 Å². The summed E-state index contributed by atoms with van der Waals surface area (Å²) in [5, 5.41) is 9.63. The lowest BCUT2D eigenvalue weighted by atomic mass is 9.98. The fourth-order valence-corrected chi connectivity index (χ4v) is 4.00. The minimum Gasteiger partial charge on any atom is -0.354 e. The molecule has 0 spiro atoms. The number of carbonyl (C=O) groups excluding carboxylic acids is 3. The Balaban J connectivity index is 1.80. The van der Waals surface area contributed by atoms with Gasteiger partial charge in [-0.2, -0.15) is 0 Å². The molecule has 1 heterocycles. The fourth-order valence-electron chi connectivity index (χ4n) is 3.83. The standard InChI is InChI=1S/C27H25ClN4O3/c1-16(33)29-15-18-5-4-6-19(13-18)26(25-23-12-7-20(28)14-24(23)31-27(25)35)30-21-8-10-22(11-9-21)32(3)17(2)34/h4-14,30H,15H2,1-3H3,(H,29,33)(H,31,35). The van der Waals surface area contributed by atoms with Crippen molar-refractivity contribution in [2.24, 2.45) is 0 Å². The number of rotatable bonds is 6. The highest BCUT2D eigenvalue weighted by Crippen LogP contribution is 2.39. The molecule has 0 saturated carbocycles. The van der Waals surface area contributed by atoms with Crippen molar-refractivity contribution < 1.29 is 14.4 Å². The summed E-state index contributed by atoms with van der Waals surface area (Å²) in [6.45, 7) is 3.35. The minimum atomic E-state index is -0.245. The lowest BCUT2D eigenvalue weighted by molar-refractivity contribution is -0.119. The number of anilines is 3. The number of amides is 3. The normalized spacial score (nSPS) is 13.5. The van der Waals surface area contributed by atoms with Gasteiger partial charge in [-0.3, -0.25) is 14.4 Å². The Bertz CT molecular complexity index is 1350. The number of hydrogen-bond acceptors (Lipinski definition) is 4. The summed E-state index contributed by atoms with van der Waals surface area (Å²) >= 11 is 6.14. The Morgan fingerprint density at radius 2 is 1.74 bits per heavy atom. The molecule has 35 heavy (non-hydrogen) atoms. The van der Waals surface area contributed by atoms with Crippen molar-refractivity contribution in [2.45, 2.75) is 20.4 Å². The molecule has 0 radical (unpaired) electrons. The van der Waals surface area contributed by atoms with E-state index in [-0.39, 0.29) is 17.7 Å². The number of carbonyl (C=O) groups is 3. The number of hydrogen-bond donors (Lipinski definition) is 3. The van der Waals surface area contributed by atoms with Crippen LogP contribution < -0.4 is 20.9 Å². The van der Waals surface area contributed by atoms with Crippen LogP contribution in [0.15, 0.2) is 66.7 Å². The SMILES string of the molecule is CC(=O)NCc1cccc(C(Nc2ccc(N(C)C(C)=O)cc2)=C2C(=O)Nc3cc(Cl)ccc32)c1. The molecule has 3 aromatic carbocycles. The van der Waals surface area contributed by atoms with E-state index in [1.165, 1.54) is 13.8 Å². The molecule has 0 saturated heterocycles. The molecule has 0 bridgehead atoms. The van der Waals surface area contributed by atoms with Gasteiger partial charge in [-0.15, -0.1) is 0 Å². The van der Waals surface area contributed by atoms with Gasteiger partial charge in [0, 0.05) is 49.4 Å². The summed E-state index contributed by atoms with van der Waals surface area (Å²) in [6.07, 6.45) is 0. The predicted molar refractivity (Wildman–Crippen MR) is 140 cm³/mol. The number of nitrogens with one attached hydrogen (secondary N) is 3.